The van der Waals surface area contributed by atoms with Gasteiger partial charge < -0.3 is 24.1 Å². The minimum Gasteiger partial charge on any atom is -0.486 e. The van der Waals surface area contributed by atoms with E-state index in [2.05, 4.69) is 9.97 Å². The number of likely N-dealkylation sites (tertiary alicyclic amines) is 1. The fourth-order valence-corrected chi connectivity index (χ4v) is 5.26. The molecule has 0 bridgehead atoms. The van der Waals surface area contributed by atoms with E-state index in [0.717, 1.165) is 12.6 Å². The number of hydrogen-bond acceptors (Lipinski definition) is 9. The van der Waals surface area contributed by atoms with Crippen LogP contribution in [0.15, 0.2) is 36.5 Å². The predicted molar refractivity (Wildman–Crippen MR) is 131 cm³/mol. The van der Waals surface area contributed by atoms with Crippen LogP contribution in [0.3, 0.4) is 0 Å². The van der Waals surface area contributed by atoms with Gasteiger partial charge in [0, 0.05) is 43.2 Å². The number of aliphatic hydroxyl groups is 1. The average Bonchev–Trinajstić information content (AvgIpc) is 2.91. The molecule has 37 heavy (non-hydrogen) atoms. The zero-order valence-electron chi connectivity index (χ0n) is 20.3. The lowest BCUT2D eigenvalue weighted by Gasteiger charge is -2.44. The van der Waals surface area contributed by atoms with Crippen LogP contribution in [0, 0.1) is 11.7 Å². The summed E-state index contributed by atoms with van der Waals surface area (Å²) in [6, 6.07) is 8.76. The van der Waals surface area contributed by atoms with Gasteiger partial charge in [-0.25, -0.2) is 14.2 Å². The van der Waals surface area contributed by atoms with Crippen LogP contribution in [-0.2, 0) is 4.74 Å². The lowest BCUT2D eigenvalue weighted by Crippen LogP contribution is -2.56. The highest BCUT2D eigenvalue weighted by atomic mass is 19.1. The summed E-state index contributed by atoms with van der Waals surface area (Å²) in [6.07, 6.45) is -0.0364. The number of pyridine rings is 2. The van der Waals surface area contributed by atoms with E-state index in [-0.39, 0.29) is 29.6 Å². The molecule has 6 rings (SSSR count). The van der Waals surface area contributed by atoms with E-state index < -0.39 is 18.0 Å². The molecule has 2 saturated heterocycles. The number of fused-ring (bicyclic) bond motifs is 3. The van der Waals surface area contributed by atoms with Crippen molar-refractivity contribution in [1.29, 1.82) is 0 Å². The molecule has 3 aromatic rings. The molecule has 0 spiro atoms. The Hall–Kier alpha value is -3.70. The fourth-order valence-electron chi connectivity index (χ4n) is 5.26. The zero-order chi connectivity index (χ0) is 25.5. The predicted octanol–water partition coefficient (Wildman–Crippen LogP) is 2.93. The molecule has 194 valence electrons. The number of piperidine rings is 1. The average molecular weight is 511 g/mol. The van der Waals surface area contributed by atoms with Crippen LogP contribution in [0.5, 0.6) is 17.4 Å². The Labute approximate surface area is 212 Å². The number of aliphatic hydroxyl groups excluding tert-OH is 1. The van der Waals surface area contributed by atoms with Gasteiger partial charge in [0.1, 0.15) is 30.7 Å². The van der Waals surface area contributed by atoms with E-state index in [4.69, 9.17) is 18.9 Å². The van der Waals surface area contributed by atoms with Crippen molar-refractivity contribution in [2.75, 3.05) is 51.4 Å². The van der Waals surface area contributed by atoms with Gasteiger partial charge in [0.2, 0.25) is 5.88 Å². The number of carbonyl (C=O) groups is 1. The highest BCUT2D eigenvalue weighted by molar-refractivity contribution is 5.89. The standard InChI is InChI=1S/C26H27FN4O6/c1-34-23-5-3-18-25(29-23)24(17(27)11-28-18)19(32)13-30-7-6-15-12-31(26(33)37-22(15)14-30)16-2-4-20-21(10-16)36-9-8-35-20/h2-5,10-11,15,19,22,32H,6-9,12-14H2,1H3/t15-,19-,22?/m1/s1. The number of hydrogen-bond donors (Lipinski definition) is 1. The number of anilines is 1. The van der Waals surface area contributed by atoms with Crippen LogP contribution >= 0.6 is 0 Å². The number of aromatic nitrogens is 2. The third-order valence-electron chi connectivity index (χ3n) is 7.16. The smallest absolute Gasteiger partial charge is 0.414 e. The first-order valence-corrected chi connectivity index (χ1v) is 12.3. The number of nitrogens with zero attached hydrogens (tertiary/aromatic N) is 4. The van der Waals surface area contributed by atoms with Gasteiger partial charge in [-0.3, -0.25) is 14.8 Å². The van der Waals surface area contributed by atoms with Crippen molar-refractivity contribution >= 4 is 22.8 Å². The molecule has 10 nitrogen and oxygen atoms in total. The number of rotatable bonds is 5. The summed E-state index contributed by atoms with van der Waals surface area (Å²) < 4.78 is 37.0. The van der Waals surface area contributed by atoms with Crippen LogP contribution in [0.2, 0.25) is 0 Å². The SMILES string of the molecule is COc1ccc2ncc(F)c([C@H](O)CN3CC[C@@H]4CN(c5ccc6c(c5)OCCO6)C(=O)OC4C3)c2n1. The highest BCUT2D eigenvalue weighted by Gasteiger charge is 2.40. The molecule has 2 aromatic heterocycles. The third-order valence-corrected chi connectivity index (χ3v) is 7.16. The Morgan fingerprint density at radius 3 is 2.86 bits per heavy atom. The second kappa shape index (κ2) is 9.64. The van der Waals surface area contributed by atoms with Gasteiger partial charge in [-0.15, -0.1) is 0 Å². The molecule has 3 atom stereocenters. The molecular weight excluding hydrogens is 483 g/mol. The van der Waals surface area contributed by atoms with Gasteiger partial charge in [-0.2, -0.15) is 0 Å². The van der Waals surface area contributed by atoms with Crippen molar-refractivity contribution in [2.45, 2.75) is 18.6 Å². The number of carbonyl (C=O) groups excluding carboxylic acids is 1. The number of benzene rings is 1. The topological polar surface area (TPSA) is 106 Å². The van der Waals surface area contributed by atoms with Gasteiger partial charge in [-0.1, -0.05) is 0 Å². The first kappa shape index (κ1) is 23.7. The van der Waals surface area contributed by atoms with Crippen molar-refractivity contribution in [3.8, 4) is 17.4 Å². The Bertz CT molecular complexity index is 1340. The molecular formula is C26H27FN4O6. The largest absolute Gasteiger partial charge is 0.486 e. The lowest BCUT2D eigenvalue weighted by atomic mass is 9.91. The number of amides is 1. The fraction of sp³-hybridized carbons (Fsp3) is 0.423. The third kappa shape index (κ3) is 4.49. The first-order valence-electron chi connectivity index (χ1n) is 12.3. The van der Waals surface area contributed by atoms with Crippen LogP contribution in [-0.4, -0.2) is 78.7 Å². The second-order valence-electron chi connectivity index (χ2n) is 9.43. The molecule has 1 unspecified atom stereocenters. The molecule has 2 fully saturated rings. The van der Waals surface area contributed by atoms with Crippen LogP contribution in [0.1, 0.15) is 18.1 Å². The van der Waals surface area contributed by atoms with E-state index >= 15 is 0 Å². The van der Waals surface area contributed by atoms with Gasteiger partial charge in [-0.05, 0) is 31.2 Å². The molecule has 5 heterocycles. The Balaban J connectivity index is 1.14. The van der Waals surface area contributed by atoms with E-state index in [0.29, 0.717) is 61.4 Å². The van der Waals surface area contributed by atoms with E-state index in [1.54, 1.807) is 29.2 Å². The molecule has 1 N–H and O–H groups in total. The summed E-state index contributed by atoms with van der Waals surface area (Å²) in [5, 5.41) is 11.0. The van der Waals surface area contributed by atoms with Crippen LogP contribution in [0.4, 0.5) is 14.9 Å². The van der Waals surface area contributed by atoms with Gasteiger partial charge in [0.15, 0.2) is 11.5 Å². The molecule has 1 amide bonds. The molecule has 0 aliphatic carbocycles. The lowest BCUT2D eigenvalue weighted by molar-refractivity contribution is -0.0188. The quantitative estimate of drug-likeness (QED) is 0.555. The normalized spacial score (nSPS) is 22.4. The molecule has 11 heteroatoms. The molecule has 1 aromatic carbocycles. The summed E-state index contributed by atoms with van der Waals surface area (Å²) in [6.45, 7) is 2.78. The van der Waals surface area contributed by atoms with Gasteiger partial charge in [0.25, 0.3) is 0 Å². The number of β-amino-alcohol motifs (C(OH)–C–C–N with tert-alkyl or cyclic N) is 1. The van der Waals surface area contributed by atoms with Gasteiger partial charge in [0.05, 0.1) is 30.6 Å². The maximum atomic E-state index is 14.8. The second-order valence-corrected chi connectivity index (χ2v) is 9.43. The van der Waals surface area contributed by atoms with Crippen molar-refractivity contribution in [3.05, 3.63) is 47.9 Å². The molecule has 3 aliphatic rings. The highest BCUT2D eigenvalue weighted by Crippen LogP contribution is 2.37. The molecule has 3 aliphatic heterocycles. The number of halogens is 1. The Morgan fingerprint density at radius 2 is 2.03 bits per heavy atom. The maximum absolute atomic E-state index is 14.8. The van der Waals surface area contributed by atoms with E-state index in [9.17, 15) is 14.3 Å². The van der Waals surface area contributed by atoms with Crippen molar-refractivity contribution in [1.82, 2.24) is 14.9 Å². The number of methoxy groups -OCH3 is 1. The summed E-state index contributed by atoms with van der Waals surface area (Å²) in [5.74, 6) is 1.09. The van der Waals surface area contributed by atoms with E-state index in [1.807, 2.05) is 11.0 Å². The van der Waals surface area contributed by atoms with Crippen molar-refractivity contribution in [2.24, 2.45) is 5.92 Å². The Kier molecular flexibility index (Phi) is 6.17. The first-order chi connectivity index (χ1) is 18.0. The summed E-state index contributed by atoms with van der Waals surface area (Å²) in [7, 11) is 1.47. The minimum absolute atomic E-state index is 0.0800. The summed E-state index contributed by atoms with van der Waals surface area (Å²) in [4.78, 5) is 24.9. The Morgan fingerprint density at radius 1 is 1.19 bits per heavy atom. The molecule has 0 radical (unpaired) electrons. The summed E-state index contributed by atoms with van der Waals surface area (Å²) >= 11 is 0. The molecule has 0 saturated carbocycles. The number of ether oxygens (including phenoxy) is 4. The van der Waals surface area contributed by atoms with Crippen LogP contribution < -0.4 is 19.1 Å². The van der Waals surface area contributed by atoms with E-state index in [1.165, 1.54) is 7.11 Å². The summed E-state index contributed by atoms with van der Waals surface area (Å²) in [5.41, 5.74) is 1.52. The minimum atomic E-state index is -1.14. The van der Waals surface area contributed by atoms with Crippen molar-refractivity contribution < 1.29 is 33.2 Å². The van der Waals surface area contributed by atoms with Crippen molar-refractivity contribution in [3.63, 3.8) is 0 Å². The van der Waals surface area contributed by atoms with Gasteiger partial charge >= 0.3 is 6.09 Å². The zero-order valence-corrected chi connectivity index (χ0v) is 20.3. The van der Waals surface area contributed by atoms with Crippen LogP contribution in [0.25, 0.3) is 11.0 Å². The maximum Gasteiger partial charge on any atom is 0.414 e. The monoisotopic (exact) mass is 510 g/mol.